The van der Waals surface area contributed by atoms with E-state index >= 15 is 0 Å². The van der Waals surface area contributed by atoms with Crippen molar-refractivity contribution in [3.63, 3.8) is 0 Å². The largest absolute Gasteiger partial charge is 0.744 e. The lowest BCUT2D eigenvalue weighted by Crippen LogP contribution is -2.10. The van der Waals surface area contributed by atoms with E-state index in [1.54, 1.807) is 0 Å². The zero-order valence-corrected chi connectivity index (χ0v) is 13.4. The van der Waals surface area contributed by atoms with Gasteiger partial charge in [-0.05, 0) is 43.0 Å². The first-order valence-electron chi connectivity index (χ1n) is 6.48. The van der Waals surface area contributed by atoms with Gasteiger partial charge in [0.05, 0.1) is 10.5 Å². The van der Waals surface area contributed by atoms with E-state index in [4.69, 9.17) is 0 Å². The summed E-state index contributed by atoms with van der Waals surface area (Å²) in [5.41, 5.74) is -2.12. The van der Waals surface area contributed by atoms with E-state index in [2.05, 4.69) is 0 Å². The molecule has 0 N–H and O–H groups in total. The van der Waals surface area contributed by atoms with Crippen molar-refractivity contribution in [2.45, 2.75) is 25.7 Å². The zero-order valence-electron chi connectivity index (χ0n) is 12.6. The summed E-state index contributed by atoms with van der Waals surface area (Å²) in [5, 5.41) is 0. The van der Waals surface area contributed by atoms with Gasteiger partial charge >= 0.3 is 0 Å². The van der Waals surface area contributed by atoms with Crippen LogP contribution in [0.5, 0.6) is 0 Å². The fraction of sp³-hybridized carbons (Fsp3) is 0.200. The third-order valence-corrected chi connectivity index (χ3v) is 4.74. The maximum atomic E-state index is 14.0. The van der Waals surface area contributed by atoms with Crippen molar-refractivity contribution in [2.24, 2.45) is 0 Å². The Hall–Kier alpha value is -2.00. The first kappa shape index (κ1) is 18.3. The van der Waals surface area contributed by atoms with Gasteiger partial charge in [0, 0.05) is 0 Å². The van der Waals surface area contributed by atoms with Gasteiger partial charge in [0.15, 0.2) is 23.3 Å². The molecule has 0 amide bonds. The summed E-state index contributed by atoms with van der Waals surface area (Å²) in [6.45, 7) is 3.65. The van der Waals surface area contributed by atoms with Crippen LogP contribution in [0, 0.1) is 49.9 Å². The third-order valence-electron chi connectivity index (χ3n) is 3.61. The Bertz CT molecular complexity index is 939. The molecular formula is C15H10F5O3S-. The molecule has 0 aliphatic heterocycles. The number of halogens is 5. The molecule has 9 heteroatoms. The molecule has 2 aromatic rings. The van der Waals surface area contributed by atoms with Crippen LogP contribution in [0.2, 0.25) is 0 Å². The number of hydrogen-bond donors (Lipinski definition) is 0. The van der Waals surface area contributed by atoms with E-state index in [0.717, 1.165) is 13.0 Å². The van der Waals surface area contributed by atoms with Crippen LogP contribution in [0.3, 0.4) is 0 Å². The van der Waals surface area contributed by atoms with Crippen molar-refractivity contribution in [3.8, 4) is 11.1 Å². The third kappa shape index (κ3) is 2.67. The first-order valence-corrected chi connectivity index (χ1v) is 7.88. The molecule has 130 valence electrons. The minimum absolute atomic E-state index is 0.00706. The Morgan fingerprint density at radius 2 is 1.17 bits per heavy atom. The molecule has 3 nitrogen and oxygen atoms in total. The first-order chi connectivity index (χ1) is 10.9. The number of hydrogen-bond acceptors (Lipinski definition) is 3. The molecule has 0 unspecified atom stereocenters. The lowest BCUT2D eigenvalue weighted by atomic mass is 9.92. The molecule has 0 aromatic heterocycles. The van der Waals surface area contributed by atoms with Gasteiger partial charge in [-0.15, -0.1) is 0 Å². The van der Waals surface area contributed by atoms with Crippen LogP contribution >= 0.6 is 0 Å². The molecule has 2 rings (SSSR count). The molecule has 0 saturated heterocycles. The fourth-order valence-corrected chi connectivity index (χ4v) is 3.69. The van der Waals surface area contributed by atoms with Gasteiger partial charge in [-0.1, -0.05) is 6.07 Å². The Labute approximate surface area is 134 Å². The molecule has 2 aromatic carbocycles. The van der Waals surface area contributed by atoms with Crippen molar-refractivity contribution >= 4 is 10.1 Å². The molecule has 24 heavy (non-hydrogen) atoms. The van der Waals surface area contributed by atoms with Crippen LogP contribution in [-0.2, 0) is 10.1 Å². The van der Waals surface area contributed by atoms with Gasteiger partial charge < -0.3 is 4.55 Å². The second kappa shape index (κ2) is 5.82. The normalized spacial score (nSPS) is 11.9. The monoisotopic (exact) mass is 365 g/mol. The molecule has 0 spiro atoms. The summed E-state index contributed by atoms with van der Waals surface area (Å²) in [6.07, 6.45) is 0. The van der Waals surface area contributed by atoms with Crippen LogP contribution in [0.4, 0.5) is 22.0 Å². The summed E-state index contributed by atoms with van der Waals surface area (Å²) in [6, 6.07) is 1.13. The topological polar surface area (TPSA) is 57.2 Å². The summed E-state index contributed by atoms with van der Waals surface area (Å²) in [5.74, 6) is -10.8. The highest BCUT2D eigenvalue weighted by atomic mass is 32.2. The van der Waals surface area contributed by atoms with Crippen LogP contribution in [0.15, 0.2) is 11.0 Å². The molecule has 0 heterocycles. The quantitative estimate of drug-likeness (QED) is 0.351. The van der Waals surface area contributed by atoms with E-state index in [-0.39, 0.29) is 16.7 Å². The van der Waals surface area contributed by atoms with Crippen molar-refractivity contribution in [3.05, 3.63) is 51.8 Å². The van der Waals surface area contributed by atoms with Crippen LogP contribution in [0.25, 0.3) is 11.1 Å². The molecular weight excluding hydrogens is 355 g/mol. The second-order valence-electron chi connectivity index (χ2n) is 5.24. The van der Waals surface area contributed by atoms with Gasteiger partial charge in [0.25, 0.3) is 0 Å². The van der Waals surface area contributed by atoms with Crippen LogP contribution < -0.4 is 0 Å². The standard InChI is InChI=1S/C15H11F5O3S/c1-5-4-6(2)15(24(21,22)23)7(3)8(5)9-10(16)12(18)14(20)13(19)11(9)17/h4H,1-3H3,(H,21,22,23)/p-1. The summed E-state index contributed by atoms with van der Waals surface area (Å²) in [7, 11) is -5.02. The lowest BCUT2D eigenvalue weighted by molar-refractivity contribution is 0.381. The molecule has 0 bridgehead atoms. The van der Waals surface area contributed by atoms with Crippen LogP contribution in [0.1, 0.15) is 16.7 Å². The van der Waals surface area contributed by atoms with Gasteiger partial charge in [-0.2, -0.15) is 0 Å². The highest BCUT2D eigenvalue weighted by molar-refractivity contribution is 7.85. The van der Waals surface area contributed by atoms with Crippen LogP contribution in [-0.4, -0.2) is 13.0 Å². The average molecular weight is 365 g/mol. The molecule has 0 radical (unpaired) electrons. The van der Waals surface area contributed by atoms with E-state index in [1.165, 1.54) is 13.8 Å². The van der Waals surface area contributed by atoms with Crippen molar-refractivity contribution in [2.75, 3.05) is 0 Å². The Kier molecular flexibility index (Phi) is 4.45. The number of benzene rings is 2. The highest BCUT2D eigenvalue weighted by Gasteiger charge is 2.29. The van der Waals surface area contributed by atoms with Crippen molar-refractivity contribution < 1.29 is 34.9 Å². The number of aryl methyl sites for hydroxylation is 2. The Balaban J connectivity index is 3.06. The minimum Gasteiger partial charge on any atom is -0.744 e. The second-order valence-corrected chi connectivity index (χ2v) is 6.56. The molecule has 0 atom stereocenters. The molecule has 0 aliphatic carbocycles. The molecule has 0 saturated carbocycles. The molecule has 0 aliphatic rings. The summed E-state index contributed by atoms with van der Waals surface area (Å²) < 4.78 is 102. The maximum Gasteiger partial charge on any atom is 0.200 e. The zero-order chi connectivity index (χ0) is 18.6. The van der Waals surface area contributed by atoms with E-state index in [1.807, 2.05) is 0 Å². The highest BCUT2D eigenvalue weighted by Crippen LogP contribution is 2.38. The number of rotatable bonds is 2. The van der Waals surface area contributed by atoms with Crippen molar-refractivity contribution in [1.82, 2.24) is 0 Å². The smallest absolute Gasteiger partial charge is 0.200 e. The molecule has 0 fully saturated rings. The Morgan fingerprint density at radius 3 is 1.58 bits per heavy atom. The van der Waals surface area contributed by atoms with E-state index in [9.17, 15) is 34.9 Å². The van der Waals surface area contributed by atoms with Gasteiger partial charge in [-0.3, -0.25) is 0 Å². The van der Waals surface area contributed by atoms with E-state index < -0.39 is 55.2 Å². The predicted octanol–water partition coefficient (Wildman–Crippen LogP) is 3.88. The summed E-state index contributed by atoms with van der Waals surface area (Å²) in [4.78, 5) is -0.757. The fourth-order valence-electron chi connectivity index (χ4n) is 2.76. The minimum atomic E-state index is -5.02. The Morgan fingerprint density at radius 1 is 0.750 bits per heavy atom. The lowest BCUT2D eigenvalue weighted by Gasteiger charge is -2.20. The predicted molar refractivity (Wildman–Crippen MR) is 73.8 cm³/mol. The maximum absolute atomic E-state index is 14.0. The van der Waals surface area contributed by atoms with Gasteiger partial charge in [-0.25, -0.2) is 30.4 Å². The van der Waals surface area contributed by atoms with Crippen molar-refractivity contribution in [1.29, 1.82) is 0 Å². The summed E-state index contributed by atoms with van der Waals surface area (Å²) >= 11 is 0. The van der Waals surface area contributed by atoms with Gasteiger partial charge in [0.1, 0.15) is 10.1 Å². The SMILES string of the molecule is Cc1cc(C)c(S(=O)(=O)[O-])c(C)c1-c1c(F)c(F)c(F)c(F)c1F. The van der Waals surface area contributed by atoms with Gasteiger partial charge in [0.2, 0.25) is 5.82 Å². The average Bonchev–Trinajstić information content (AvgIpc) is 2.44. The van der Waals surface area contributed by atoms with E-state index in [0.29, 0.717) is 0 Å².